The number of nitrogens with zero attached hydrogens (tertiary/aromatic N) is 2. The SMILES string of the molecule is COc1cnc(C)cc1C(=O)N[C@@H](c1nc(C(=O)Nc2ccccc2)cs1)C(C)C. The van der Waals surface area contributed by atoms with Gasteiger partial charge < -0.3 is 15.4 Å². The van der Waals surface area contributed by atoms with Crippen molar-refractivity contribution in [3.8, 4) is 5.75 Å². The molecule has 3 rings (SSSR count). The number of hydrogen-bond donors (Lipinski definition) is 2. The lowest BCUT2D eigenvalue weighted by Gasteiger charge is -2.21. The monoisotopic (exact) mass is 424 g/mol. The van der Waals surface area contributed by atoms with Crippen LogP contribution in [0.4, 0.5) is 5.69 Å². The first-order chi connectivity index (χ1) is 14.4. The average molecular weight is 425 g/mol. The summed E-state index contributed by atoms with van der Waals surface area (Å²) in [4.78, 5) is 34.1. The van der Waals surface area contributed by atoms with Crippen LogP contribution < -0.4 is 15.4 Å². The first kappa shape index (κ1) is 21.4. The van der Waals surface area contributed by atoms with Gasteiger partial charge in [0.2, 0.25) is 0 Å². The summed E-state index contributed by atoms with van der Waals surface area (Å²) in [5, 5.41) is 8.21. The molecule has 1 aromatic carbocycles. The molecule has 0 aliphatic rings. The van der Waals surface area contributed by atoms with E-state index >= 15 is 0 Å². The molecule has 0 spiro atoms. The molecule has 2 amide bonds. The van der Waals surface area contributed by atoms with E-state index in [1.807, 2.05) is 51.1 Å². The molecule has 0 saturated carbocycles. The summed E-state index contributed by atoms with van der Waals surface area (Å²) in [6, 6.07) is 10.5. The van der Waals surface area contributed by atoms with Crippen LogP contribution in [0, 0.1) is 12.8 Å². The first-order valence-corrected chi connectivity index (χ1v) is 10.4. The average Bonchev–Trinajstić information content (AvgIpc) is 3.22. The van der Waals surface area contributed by atoms with Gasteiger partial charge in [-0.3, -0.25) is 14.6 Å². The maximum Gasteiger partial charge on any atom is 0.275 e. The van der Waals surface area contributed by atoms with E-state index < -0.39 is 0 Å². The summed E-state index contributed by atoms with van der Waals surface area (Å²) in [5.41, 5.74) is 2.15. The minimum absolute atomic E-state index is 0.0686. The predicted octanol–water partition coefficient (Wildman–Crippen LogP) is 4.23. The fourth-order valence-electron chi connectivity index (χ4n) is 2.87. The summed E-state index contributed by atoms with van der Waals surface area (Å²) in [5.74, 6) is -0.0905. The topological polar surface area (TPSA) is 93.2 Å². The van der Waals surface area contributed by atoms with E-state index in [2.05, 4.69) is 20.6 Å². The van der Waals surface area contributed by atoms with E-state index in [-0.39, 0.29) is 23.8 Å². The second-order valence-electron chi connectivity index (χ2n) is 7.11. The van der Waals surface area contributed by atoms with Crippen LogP contribution >= 0.6 is 11.3 Å². The van der Waals surface area contributed by atoms with Gasteiger partial charge >= 0.3 is 0 Å². The van der Waals surface area contributed by atoms with Gasteiger partial charge in [0.25, 0.3) is 11.8 Å². The van der Waals surface area contributed by atoms with Crippen LogP contribution in [-0.2, 0) is 0 Å². The third-order valence-corrected chi connectivity index (χ3v) is 5.40. The highest BCUT2D eigenvalue weighted by molar-refractivity contribution is 7.10. The summed E-state index contributed by atoms with van der Waals surface area (Å²) in [6.07, 6.45) is 1.53. The third kappa shape index (κ3) is 5.01. The number of amides is 2. The number of thiazole rings is 1. The molecule has 0 saturated heterocycles. The molecule has 0 unspecified atom stereocenters. The number of carbonyl (C=O) groups excluding carboxylic acids is 2. The molecule has 0 radical (unpaired) electrons. The van der Waals surface area contributed by atoms with Gasteiger partial charge in [-0.1, -0.05) is 32.0 Å². The summed E-state index contributed by atoms with van der Waals surface area (Å²) in [7, 11) is 1.50. The number of para-hydroxylation sites is 1. The van der Waals surface area contributed by atoms with Crippen molar-refractivity contribution < 1.29 is 14.3 Å². The largest absolute Gasteiger partial charge is 0.494 e. The first-order valence-electron chi connectivity index (χ1n) is 9.52. The van der Waals surface area contributed by atoms with Crippen molar-refractivity contribution in [1.82, 2.24) is 15.3 Å². The molecule has 8 heteroatoms. The molecule has 0 bridgehead atoms. The van der Waals surface area contributed by atoms with E-state index in [0.717, 1.165) is 5.69 Å². The number of hydrogen-bond acceptors (Lipinski definition) is 6. The molecular formula is C22H24N4O3S. The molecular weight excluding hydrogens is 400 g/mol. The van der Waals surface area contributed by atoms with E-state index in [0.29, 0.717) is 27.7 Å². The van der Waals surface area contributed by atoms with Crippen molar-refractivity contribution in [3.05, 3.63) is 69.9 Å². The molecule has 2 N–H and O–H groups in total. The number of pyridine rings is 1. The van der Waals surface area contributed by atoms with Gasteiger partial charge in [-0.2, -0.15) is 0 Å². The standard InChI is InChI=1S/C22H24N4O3S/c1-13(2)19(26-20(27)16-10-14(3)23-11-18(16)29-4)22-25-17(12-30-22)21(28)24-15-8-6-5-7-9-15/h5-13,19H,1-4H3,(H,24,28)(H,26,27)/t19-/m1/s1. The van der Waals surface area contributed by atoms with Crippen LogP contribution in [0.5, 0.6) is 5.75 Å². The zero-order valence-electron chi connectivity index (χ0n) is 17.3. The number of carbonyl (C=O) groups is 2. The van der Waals surface area contributed by atoms with Crippen molar-refractivity contribution in [2.75, 3.05) is 12.4 Å². The van der Waals surface area contributed by atoms with Crippen LogP contribution in [0.1, 0.15) is 51.4 Å². The fourth-order valence-corrected chi connectivity index (χ4v) is 3.89. The number of aryl methyl sites for hydroxylation is 1. The number of aromatic nitrogens is 2. The highest BCUT2D eigenvalue weighted by Gasteiger charge is 2.25. The maximum atomic E-state index is 12.9. The van der Waals surface area contributed by atoms with E-state index in [1.54, 1.807) is 11.4 Å². The number of anilines is 1. The number of rotatable bonds is 7. The molecule has 0 aliphatic heterocycles. The summed E-state index contributed by atoms with van der Waals surface area (Å²) in [6.45, 7) is 5.80. The van der Waals surface area contributed by atoms with Gasteiger partial charge in [0.05, 0.1) is 24.9 Å². The highest BCUT2D eigenvalue weighted by atomic mass is 32.1. The Morgan fingerprint density at radius 1 is 1.13 bits per heavy atom. The molecule has 30 heavy (non-hydrogen) atoms. The van der Waals surface area contributed by atoms with Crippen LogP contribution in [0.15, 0.2) is 48.0 Å². The molecule has 1 atom stereocenters. The fraction of sp³-hybridized carbons (Fsp3) is 0.273. The van der Waals surface area contributed by atoms with Crippen molar-refractivity contribution in [2.45, 2.75) is 26.8 Å². The van der Waals surface area contributed by atoms with E-state index in [1.165, 1.54) is 24.6 Å². The van der Waals surface area contributed by atoms with Crippen LogP contribution in [0.25, 0.3) is 0 Å². The van der Waals surface area contributed by atoms with Crippen LogP contribution in [0.3, 0.4) is 0 Å². The van der Waals surface area contributed by atoms with Gasteiger partial charge in [0, 0.05) is 16.8 Å². The third-order valence-electron chi connectivity index (χ3n) is 4.47. The lowest BCUT2D eigenvalue weighted by atomic mass is 10.0. The molecule has 0 fully saturated rings. The summed E-state index contributed by atoms with van der Waals surface area (Å²) < 4.78 is 5.27. The normalized spacial score (nSPS) is 11.8. The van der Waals surface area contributed by atoms with Crippen molar-refractivity contribution in [2.24, 2.45) is 5.92 Å². The number of methoxy groups -OCH3 is 1. The molecule has 7 nitrogen and oxygen atoms in total. The molecule has 156 valence electrons. The Morgan fingerprint density at radius 2 is 1.87 bits per heavy atom. The van der Waals surface area contributed by atoms with E-state index in [4.69, 9.17) is 4.74 Å². The zero-order valence-corrected chi connectivity index (χ0v) is 18.1. The predicted molar refractivity (Wildman–Crippen MR) is 117 cm³/mol. The van der Waals surface area contributed by atoms with E-state index in [9.17, 15) is 9.59 Å². The maximum absolute atomic E-state index is 12.9. The Morgan fingerprint density at radius 3 is 2.53 bits per heavy atom. The lowest BCUT2D eigenvalue weighted by molar-refractivity contribution is 0.0922. The minimum Gasteiger partial charge on any atom is -0.494 e. The van der Waals surface area contributed by atoms with Gasteiger partial charge in [-0.25, -0.2) is 4.98 Å². The van der Waals surface area contributed by atoms with Gasteiger partial charge in [0.1, 0.15) is 16.5 Å². The van der Waals surface area contributed by atoms with Crippen molar-refractivity contribution >= 4 is 28.8 Å². The summed E-state index contributed by atoms with van der Waals surface area (Å²) >= 11 is 1.34. The van der Waals surface area contributed by atoms with Gasteiger partial charge in [-0.05, 0) is 31.0 Å². The van der Waals surface area contributed by atoms with Crippen LogP contribution in [-0.4, -0.2) is 28.9 Å². The Balaban J connectivity index is 1.78. The Labute approximate surface area is 179 Å². The second kappa shape index (κ2) is 9.49. The number of nitrogens with one attached hydrogen (secondary N) is 2. The van der Waals surface area contributed by atoms with Crippen LogP contribution in [0.2, 0.25) is 0 Å². The van der Waals surface area contributed by atoms with Gasteiger partial charge in [0.15, 0.2) is 0 Å². The quantitative estimate of drug-likeness (QED) is 0.592. The Kier molecular flexibility index (Phi) is 6.79. The number of ether oxygens (including phenoxy) is 1. The Bertz CT molecular complexity index is 1030. The number of benzene rings is 1. The zero-order chi connectivity index (χ0) is 21.7. The van der Waals surface area contributed by atoms with Crippen molar-refractivity contribution in [1.29, 1.82) is 0 Å². The molecule has 0 aliphatic carbocycles. The Hall–Kier alpha value is -3.26. The molecule has 3 aromatic rings. The second-order valence-corrected chi connectivity index (χ2v) is 8.00. The van der Waals surface area contributed by atoms with Gasteiger partial charge in [-0.15, -0.1) is 11.3 Å². The lowest BCUT2D eigenvalue weighted by Crippen LogP contribution is -2.32. The molecule has 2 heterocycles. The van der Waals surface area contributed by atoms with Crippen molar-refractivity contribution in [3.63, 3.8) is 0 Å². The minimum atomic E-state index is -0.348. The smallest absolute Gasteiger partial charge is 0.275 e. The molecule has 2 aromatic heterocycles. The highest BCUT2D eigenvalue weighted by Crippen LogP contribution is 2.27.